The molecule has 19 heavy (non-hydrogen) atoms. The molecule has 0 saturated carbocycles. The fraction of sp³-hybridized carbons (Fsp3) is 0.733. The molecule has 106 valence electrons. The van der Waals surface area contributed by atoms with Gasteiger partial charge in [0.2, 0.25) is 0 Å². The molecule has 1 aromatic heterocycles. The number of aryl methyl sites for hydroxylation is 1. The zero-order chi connectivity index (χ0) is 13.8. The number of nitrogens with zero attached hydrogens (tertiary/aromatic N) is 3. The third-order valence-electron chi connectivity index (χ3n) is 3.73. The molecule has 0 bridgehead atoms. The van der Waals surface area contributed by atoms with E-state index in [1.165, 1.54) is 17.7 Å². The highest BCUT2D eigenvalue weighted by Gasteiger charge is 2.18. The average Bonchev–Trinajstić information content (AvgIpc) is 2.67. The van der Waals surface area contributed by atoms with Gasteiger partial charge >= 0.3 is 0 Å². The molecule has 1 aromatic rings. The Morgan fingerprint density at radius 1 is 1.21 bits per heavy atom. The Morgan fingerprint density at radius 2 is 2.00 bits per heavy atom. The highest BCUT2D eigenvalue weighted by atomic mass is 15.2. The summed E-state index contributed by atoms with van der Waals surface area (Å²) < 4.78 is 0. The van der Waals surface area contributed by atoms with Crippen LogP contribution in [-0.2, 0) is 6.42 Å². The van der Waals surface area contributed by atoms with Crippen molar-refractivity contribution in [2.45, 2.75) is 46.5 Å². The molecule has 1 aliphatic heterocycles. The number of hydrogen-bond acceptors (Lipinski definition) is 4. The molecule has 1 saturated heterocycles. The Labute approximate surface area is 116 Å². The summed E-state index contributed by atoms with van der Waals surface area (Å²) >= 11 is 0. The minimum atomic E-state index is 0.384. The molecule has 1 N–H and O–H groups in total. The third kappa shape index (κ3) is 3.24. The molecule has 0 aromatic carbocycles. The largest absolute Gasteiger partial charge is 0.355 e. The standard InChI is InChI=1S/C15H26N4/c1-5-13-12(4)15(18-14(17-13)11(2)3)19-9-6-7-16-8-10-19/h11,16H,5-10H2,1-4H3. The molecule has 0 unspecified atom stereocenters. The zero-order valence-corrected chi connectivity index (χ0v) is 12.7. The summed E-state index contributed by atoms with van der Waals surface area (Å²) in [6.07, 6.45) is 2.16. The second-order valence-corrected chi connectivity index (χ2v) is 5.58. The van der Waals surface area contributed by atoms with Crippen molar-refractivity contribution in [3.05, 3.63) is 17.1 Å². The molecule has 2 rings (SSSR count). The van der Waals surface area contributed by atoms with Gasteiger partial charge < -0.3 is 10.2 Å². The summed E-state index contributed by atoms with van der Waals surface area (Å²) in [4.78, 5) is 12.0. The molecular weight excluding hydrogens is 236 g/mol. The molecule has 1 aliphatic rings. The van der Waals surface area contributed by atoms with E-state index < -0.39 is 0 Å². The van der Waals surface area contributed by atoms with Crippen LogP contribution in [0, 0.1) is 6.92 Å². The highest BCUT2D eigenvalue weighted by Crippen LogP contribution is 2.23. The summed E-state index contributed by atoms with van der Waals surface area (Å²) in [6.45, 7) is 12.9. The monoisotopic (exact) mass is 262 g/mol. The lowest BCUT2D eigenvalue weighted by Gasteiger charge is -2.25. The van der Waals surface area contributed by atoms with Crippen LogP contribution >= 0.6 is 0 Å². The van der Waals surface area contributed by atoms with Gasteiger partial charge in [0, 0.05) is 36.8 Å². The van der Waals surface area contributed by atoms with E-state index in [-0.39, 0.29) is 0 Å². The van der Waals surface area contributed by atoms with E-state index in [2.05, 4.69) is 37.9 Å². The van der Waals surface area contributed by atoms with Gasteiger partial charge in [-0.25, -0.2) is 9.97 Å². The van der Waals surface area contributed by atoms with Gasteiger partial charge in [-0.3, -0.25) is 0 Å². The fourth-order valence-corrected chi connectivity index (χ4v) is 2.54. The van der Waals surface area contributed by atoms with Crippen LogP contribution in [0.4, 0.5) is 5.82 Å². The predicted molar refractivity (Wildman–Crippen MR) is 79.9 cm³/mol. The minimum Gasteiger partial charge on any atom is -0.355 e. The van der Waals surface area contributed by atoms with Gasteiger partial charge in [-0.2, -0.15) is 0 Å². The summed E-state index contributed by atoms with van der Waals surface area (Å²) in [5.41, 5.74) is 2.46. The molecule has 0 atom stereocenters. The fourth-order valence-electron chi connectivity index (χ4n) is 2.54. The van der Waals surface area contributed by atoms with Crippen LogP contribution in [-0.4, -0.2) is 36.1 Å². The van der Waals surface area contributed by atoms with Crippen molar-refractivity contribution in [2.75, 3.05) is 31.1 Å². The Hall–Kier alpha value is -1.16. The second-order valence-electron chi connectivity index (χ2n) is 5.58. The Bertz CT molecular complexity index is 420. The lowest BCUT2D eigenvalue weighted by atomic mass is 10.1. The first-order chi connectivity index (χ1) is 9.13. The smallest absolute Gasteiger partial charge is 0.135 e. The van der Waals surface area contributed by atoms with E-state index in [9.17, 15) is 0 Å². The summed E-state index contributed by atoms with van der Waals surface area (Å²) in [5.74, 6) is 2.52. The van der Waals surface area contributed by atoms with Crippen LogP contribution < -0.4 is 10.2 Å². The van der Waals surface area contributed by atoms with Crippen LogP contribution in [0.2, 0.25) is 0 Å². The van der Waals surface area contributed by atoms with Crippen molar-refractivity contribution in [2.24, 2.45) is 0 Å². The van der Waals surface area contributed by atoms with Gasteiger partial charge in [0.25, 0.3) is 0 Å². The van der Waals surface area contributed by atoms with Gasteiger partial charge in [-0.1, -0.05) is 20.8 Å². The number of aromatic nitrogens is 2. The zero-order valence-electron chi connectivity index (χ0n) is 12.7. The van der Waals surface area contributed by atoms with Crippen LogP contribution in [0.3, 0.4) is 0 Å². The number of hydrogen-bond donors (Lipinski definition) is 1. The van der Waals surface area contributed by atoms with Crippen LogP contribution in [0.15, 0.2) is 0 Å². The maximum Gasteiger partial charge on any atom is 0.135 e. The van der Waals surface area contributed by atoms with Crippen LogP contribution in [0.5, 0.6) is 0 Å². The molecule has 0 amide bonds. The Kier molecular flexibility index (Phi) is 4.75. The van der Waals surface area contributed by atoms with Crippen molar-refractivity contribution in [1.82, 2.24) is 15.3 Å². The normalized spacial score (nSPS) is 16.8. The SMILES string of the molecule is CCc1nc(C(C)C)nc(N2CCCNCC2)c1C. The van der Waals surface area contributed by atoms with E-state index >= 15 is 0 Å². The van der Waals surface area contributed by atoms with Crippen molar-refractivity contribution >= 4 is 5.82 Å². The van der Waals surface area contributed by atoms with Gasteiger partial charge in [0.1, 0.15) is 11.6 Å². The number of anilines is 1. The second kappa shape index (κ2) is 6.33. The number of rotatable bonds is 3. The molecule has 2 heterocycles. The summed E-state index contributed by atoms with van der Waals surface area (Å²) in [6, 6.07) is 0. The molecule has 4 nitrogen and oxygen atoms in total. The van der Waals surface area contributed by atoms with Crippen LogP contribution in [0.25, 0.3) is 0 Å². The quantitative estimate of drug-likeness (QED) is 0.907. The highest BCUT2D eigenvalue weighted by molar-refractivity contribution is 5.49. The topological polar surface area (TPSA) is 41.1 Å². The van der Waals surface area contributed by atoms with Gasteiger partial charge in [0.05, 0.1) is 0 Å². The van der Waals surface area contributed by atoms with E-state index in [0.717, 1.165) is 44.2 Å². The number of nitrogens with one attached hydrogen (secondary N) is 1. The van der Waals surface area contributed by atoms with Crippen molar-refractivity contribution in [3.63, 3.8) is 0 Å². The van der Waals surface area contributed by atoms with E-state index in [4.69, 9.17) is 9.97 Å². The first-order valence-electron chi connectivity index (χ1n) is 7.46. The first kappa shape index (κ1) is 14.3. The minimum absolute atomic E-state index is 0.384. The maximum atomic E-state index is 4.83. The van der Waals surface area contributed by atoms with Gasteiger partial charge in [-0.15, -0.1) is 0 Å². The van der Waals surface area contributed by atoms with Gasteiger partial charge in [0.15, 0.2) is 0 Å². The summed E-state index contributed by atoms with van der Waals surface area (Å²) in [7, 11) is 0. The Morgan fingerprint density at radius 3 is 2.68 bits per heavy atom. The molecular formula is C15H26N4. The van der Waals surface area contributed by atoms with E-state index in [0.29, 0.717) is 5.92 Å². The van der Waals surface area contributed by atoms with E-state index in [1.54, 1.807) is 0 Å². The maximum absolute atomic E-state index is 4.83. The van der Waals surface area contributed by atoms with Gasteiger partial charge in [-0.05, 0) is 26.3 Å². The Balaban J connectivity index is 2.38. The molecule has 0 spiro atoms. The van der Waals surface area contributed by atoms with Crippen molar-refractivity contribution in [1.29, 1.82) is 0 Å². The molecule has 0 aliphatic carbocycles. The average molecular weight is 262 g/mol. The lowest BCUT2D eigenvalue weighted by Crippen LogP contribution is -2.30. The van der Waals surface area contributed by atoms with Crippen molar-refractivity contribution < 1.29 is 0 Å². The van der Waals surface area contributed by atoms with Crippen LogP contribution in [0.1, 0.15) is 50.2 Å². The molecule has 0 radical (unpaired) electrons. The predicted octanol–water partition coefficient (Wildman–Crippen LogP) is 2.27. The molecule has 1 fully saturated rings. The molecule has 4 heteroatoms. The third-order valence-corrected chi connectivity index (χ3v) is 3.73. The van der Waals surface area contributed by atoms with E-state index in [1.807, 2.05) is 0 Å². The first-order valence-corrected chi connectivity index (χ1v) is 7.46. The lowest BCUT2D eigenvalue weighted by molar-refractivity contribution is 0.722. The van der Waals surface area contributed by atoms with Crippen molar-refractivity contribution in [3.8, 4) is 0 Å². The summed E-state index contributed by atoms with van der Waals surface area (Å²) in [5, 5.41) is 3.45.